The predicted octanol–water partition coefficient (Wildman–Crippen LogP) is 6.44. The van der Waals surface area contributed by atoms with Crippen molar-refractivity contribution in [2.75, 3.05) is 31.2 Å². The lowest BCUT2D eigenvalue weighted by Gasteiger charge is -2.33. The third-order valence-corrected chi connectivity index (χ3v) is 8.18. The standard InChI is InChI=1S/C27H30BrF3N4O4S/c1-27(2,3)39-26(36)33-12-10-18(11-13-33)34-15-20(28)25(32-34)19-6-5-7-22(24(19)31)35(16-38-4)40(37)23-14-17(29)8-9-21(23)30/h5-9,14-15,18H,10-13,16H2,1-4H3. The number of carbonyl (C=O) groups excluding carboxylic acids is 1. The molecule has 0 aliphatic carbocycles. The van der Waals surface area contributed by atoms with Gasteiger partial charge >= 0.3 is 6.09 Å². The average molecular weight is 644 g/mol. The predicted molar refractivity (Wildman–Crippen MR) is 149 cm³/mol. The fourth-order valence-electron chi connectivity index (χ4n) is 4.33. The summed E-state index contributed by atoms with van der Waals surface area (Å²) in [5.41, 5.74) is -0.278. The van der Waals surface area contributed by atoms with E-state index >= 15 is 4.39 Å². The highest BCUT2D eigenvalue weighted by Gasteiger charge is 2.30. The zero-order valence-corrected chi connectivity index (χ0v) is 24.9. The van der Waals surface area contributed by atoms with E-state index in [-0.39, 0.29) is 30.1 Å². The first kappa shape index (κ1) is 30.1. The van der Waals surface area contributed by atoms with E-state index in [0.29, 0.717) is 36.1 Å². The SMILES string of the molecule is COCN(c1cccc(-c2nn(C3CCN(C(=O)OC(C)(C)C)CC3)cc2Br)c1F)S(=O)c1cc(F)ccc1F. The lowest BCUT2D eigenvalue weighted by atomic mass is 10.1. The number of piperidine rings is 1. The number of carbonyl (C=O) groups is 1. The van der Waals surface area contributed by atoms with Gasteiger partial charge in [-0.1, -0.05) is 6.07 Å². The van der Waals surface area contributed by atoms with E-state index in [9.17, 15) is 17.8 Å². The minimum atomic E-state index is -2.31. The van der Waals surface area contributed by atoms with Gasteiger partial charge in [0, 0.05) is 32.0 Å². The molecule has 1 atom stereocenters. The molecule has 8 nitrogen and oxygen atoms in total. The Balaban J connectivity index is 1.58. The smallest absolute Gasteiger partial charge is 0.410 e. The second kappa shape index (κ2) is 12.3. The van der Waals surface area contributed by atoms with Gasteiger partial charge in [-0.3, -0.25) is 8.99 Å². The fraction of sp³-hybridized carbons (Fsp3) is 0.407. The molecule has 1 saturated heterocycles. The van der Waals surface area contributed by atoms with Crippen LogP contribution >= 0.6 is 15.9 Å². The van der Waals surface area contributed by atoms with Crippen molar-refractivity contribution in [2.45, 2.75) is 50.2 Å². The highest BCUT2D eigenvalue weighted by Crippen LogP contribution is 2.36. The summed E-state index contributed by atoms with van der Waals surface area (Å²) in [6, 6.07) is 7.02. The Kier molecular flexibility index (Phi) is 9.26. The van der Waals surface area contributed by atoms with Crippen molar-refractivity contribution in [1.29, 1.82) is 0 Å². The summed E-state index contributed by atoms with van der Waals surface area (Å²) >= 11 is 3.47. The van der Waals surface area contributed by atoms with E-state index in [1.807, 2.05) is 20.8 Å². The van der Waals surface area contributed by atoms with Gasteiger partial charge in [-0.25, -0.2) is 22.2 Å². The van der Waals surface area contributed by atoms with Gasteiger partial charge in [0.05, 0.1) is 21.1 Å². The Morgan fingerprint density at radius 3 is 2.52 bits per heavy atom. The third kappa shape index (κ3) is 6.69. The van der Waals surface area contributed by atoms with Gasteiger partial charge in [-0.05, 0) is 79.9 Å². The van der Waals surface area contributed by atoms with Crippen molar-refractivity contribution in [2.24, 2.45) is 0 Å². The molecule has 13 heteroatoms. The molecule has 40 heavy (non-hydrogen) atoms. The van der Waals surface area contributed by atoms with Crippen molar-refractivity contribution in [1.82, 2.24) is 14.7 Å². The van der Waals surface area contributed by atoms with E-state index in [1.165, 1.54) is 19.2 Å². The number of rotatable bonds is 7. The number of methoxy groups -OCH3 is 1. The van der Waals surface area contributed by atoms with Crippen molar-refractivity contribution >= 4 is 38.7 Å². The van der Waals surface area contributed by atoms with Gasteiger partial charge < -0.3 is 14.4 Å². The highest BCUT2D eigenvalue weighted by molar-refractivity contribution is 9.10. The van der Waals surface area contributed by atoms with Crippen LogP contribution in [0.25, 0.3) is 11.3 Å². The zero-order valence-electron chi connectivity index (χ0n) is 22.5. The van der Waals surface area contributed by atoms with Crippen LogP contribution in [-0.4, -0.2) is 57.5 Å². The molecule has 0 radical (unpaired) electrons. The van der Waals surface area contributed by atoms with Gasteiger partial charge in [-0.15, -0.1) is 0 Å². The maximum Gasteiger partial charge on any atom is 0.410 e. The number of nitrogens with zero attached hydrogens (tertiary/aromatic N) is 4. The number of hydrogen-bond donors (Lipinski definition) is 0. The molecule has 3 aromatic rings. The van der Waals surface area contributed by atoms with Crippen LogP contribution in [-0.2, 0) is 20.5 Å². The van der Waals surface area contributed by atoms with Crippen LogP contribution < -0.4 is 4.31 Å². The molecule has 1 fully saturated rings. The molecule has 1 aliphatic heterocycles. The van der Waals surface area contributed by atoms with Gasteiger partial charge in [0.15, 0.2) is 16.8 Å². The van der Waals surface area contributed by atoms with Crippen LogP contribution in [0.4, 0.5) is 23.7 Å². The number of likely N-dealkylation sites (tertiary alicyclic amines) is 1. The van der Waals surface area contributed by atoms with E-state index in [2.05, 4.69) is 21.0 Å². The molecule has 216 valence electrons. The van der Waals surface area contributed by atoms with E-state index in [1.54, 1.807) is 21.8 Å². The first-order chi connectivity index (χ1) is 18.9. The molecule has 0 saturated carbocycles. The normalized spacial score (nSPS) is 15.2. The lowest BCUT2D eigenvalue weighted by molar-refractivity contribution is 0.0185. The molecule has 1 unspecified atom stereocenters. The van der Waals surface area contributed by atoms with Crippen molar-refractivity contribution in [3.63, 3.8) is 0 Å². The molecule has 0 bridgehead atoms. The summed E-state index contributed by atoms with van der Waals surface area (Å²) in [4.78, 5) is 13.6. The number of benzene rings is 2. The number of halogens is 4. The lowest BCUT2D eigenvalue weighted by Crippen LogP contribution is -2.42. The summed E-state index contributed by atoms with van der Waals surface area (Å²) < 4.78 is 71.3. The van der Waals surface area contributed by atoms with Gasteiger partial charge in [0.2, 0.25) is 0 Å². The molecule has 1 amide bonds. The molecule has 1 aromatic heterocycles. The second-order valence-electron chi connectivity index (χ2n) is 10.3. The summed E-state index contributed by atoms with van der Waals surface area (Å²) in [6.07, 6.45) is 2.66. The van der Waals surface area contributed by atoms with Gasteiger partial charge in [0.25, 0.3) is 0 Å². The maximum absolute atomic E-state index is 16.0. The van der Waals surface area contributed by atoms with Crippen molar-refractivity contribution in [3.05, 3.63) is 64.5 Å². The monoisotopic (exact) mass is 642 g/mol. The van der Waals surface area contributed by atoms with Crippen LogP contribution in [0.1, 0.15) is 39.7 Å². The molecular weight excluding hydrogens is 613 g/mol. The molecule has 1 aliphatic rings. The van der Waals surface area contributed by atoms with Gasteiger partial charge in [0.1, 0.15) is 29.7 Å². The number of ether oxygens (including phenoxy) is 2. The Morgan fingerprint density at radius 2 is 1.88 bits per heavy atom. The van der Waals surface area contributed by atoms with Crippen LogP contribution in [0.5, 0.6) is 0 Å². The highest BCUT2D eigenvalue weighted by atomic mass is 79.9. The van der Waals surface area contributed by atoms with Gasteiger partial charge in [-0.2, -0.15) is 5.10 Å². The van der Waals surface area contributed by atoms with Crippen molar-refractivity contribution < 1.29 is 31.6 Å². The Hall–Kier alpha value is -2.90. The first-order valence-electron chi connectivity index (χ1n) is 12.5. The molecule has 0 spiro atoms. The van der Waals surface area contributed by atoms with Crippen LogP contribution in [0.2, 0.25) is 0 Å². The topological polar surface area (TPSA) is 76.9 Å². The first-order valence-corrected chi connectivity index (χ1v) is 14.4. The molecule has 0 N–H and O–H groups in total. The maximum atomic E-state index is 16.0. The quantitative estimate of drug-likeness (QED) is 0.277. The second-order valence-corrected chi connectivity index (χ2v) is 12.5. The van der Waals surface area contributed by atoms with Crippen LogP contribution in [0.15, 0.2) is 52.0 Å². The molecule has 2 aromatic carbocycles. The summed E-state index contributed by atoms with van der Waals surface area (Å²) in [7, 11) is -0.994. The van der Waals surface area contributed by atoms with E-state index in [0.717, 1.165) is 22.5 Å². The number of hydrogen-bond acceptors (Lipinski definition) is 5. The van der Waals surface area contributed by atoms with E-state index in [4.69, 9.17) is 9.47 Å². The summed E-state index contributed by atoms with van der Waals surface area (Å²) in [5, 5.41) is 4.63. The largest absolute Gasteiger partial charge is 0.444 e. The minimum Gasteiger partial charge on any atom is -0.444 e. The van der Waals surface area contributed by atoms with E-state index < -0.39 is 38.9 Å². The minimum absolute atomic E-state index is 0.0246. The number of anilines is 1. The Morgan fingerprint density at radius 1 is 1.18 bits per heavy atom. The fourth-order valence-corrected chi connectivity index (χ4v) is 6.04. The summed E-state index contributed by atoms with van der Waals surface area (Å²) in [6.45, 7) is 6.09. The third-order valence-electron chi connectivity index (χ3n) is 6.21. The average Bonchev–Trinajstić information content (AvgIpc) is 3.29. The number of amides is 1. The van der Waals surface area contributed by atoms with Crippen LogP contribution in [0.3, 0.4) is 0 Å². The molecular formula is C27H30BrF3N4O4S. The Bertz CT molecular complexity index is 1410. The van der Waals surface area contributed by atoms with Crippen LogP contribution in [0, 0.1) is 17.5 Å². The zero-order chi connectivity index (χ0) is 29.2. The summed E-state index contributed by atoms with van der Waals surface area (Å²) in [5.74, 6) is -2.42. The van der Waals surface area contributed by atoms with Crippen molar-refractivity contribution in [3.8, 4) is 11.3 Å². The molecule has 2 heterocycles. The number of aromatic nitrogens is 2. The Labute approximate surface area is 241 Å². The molecule has 4 rings (SSSR count).